The molecule has 0 bridgehead atoms. The van der Waals surface area contributed by atoms with Crippen LogP contribution in [0.2, 0.25) is 0 Å². The number of halogens is 1. The van der Waals surface area contributed by atoms with Crippen LogP contribution in [0.4, 0.5) is 17.1 Å². The molecular weight excluding hydrogens is 388 g/mol. The van der Waals surface area contributed by atoms with Gasteiger partial charge in [0.05, 0.1) is 0 Å². The maximum atomic E-state index is 4.02. The van der Waals surface area contributed by atoms with E-state index >= 15 is 0 Å². The summed E-state index contributed by atoms with van der Waals surface area (Å²) in [5.74, 6) is 0. The van der Waals surface area contributed by atoms with Gasteiger partial charge in [-0.1, -0.05) is 22.0 Å². The standard InChI is InChI=1S/C21H19BrN4/c22-16-1-6-20-15(14-25-21(20)13-16)7-12-24-17-2-4-18(5-3-17)26-19-8-10-23-11-9-19/h1-6,8-11,13-14,24-25H,7,12H2,(H,23,26). The van der Waals surface area contributed by atoms with E-state index in [0.29, 0.717) is 0 Å². The lowest BCUT2D eigenvalue weighted by molar-refractivity contribution is 1.03. The summed E-state index contributed by atoms with van der Waals surface area (Å²) in [6, 6.07) is 18.6. The minimum absolute atomic E-state index is 0.889. The number of hydrogen-bond acceptors (Lipinski definition) is 3. The zero-order valence-electron chi connectivity index (χ0n) is 14.2. The van der Waals surface area contributed by atoms with Crippen LogP contribution < -0.4 is 10.6 Å². The Morgan fingerprint density at radius 1 is 0.885 bits per heavy atom. The molecular formula is C21H19BrN4. The second-order valence-corrected chi connectivity index (χ2v) is 7.03. The molecule has 4 nitrogen and oxygen atoms in total. The average Bonchev–Trinajstić information content (AvgIpc) is 3.06. The molecule has 2 aromatic heterocycles. The Balaban J connectivity index is 1.34. The molecule has 0 aliphatic carbocycles. The monoisotopic (exact) mass is 406 g/mol. The topological polar surface area (TPSA) is 52.7 Å². The number of benzene rings is 2. The predicted molar refractivity (Wildman–Crippen MR) is 112 cm³/mol. The Morgan fingerprint density at radius 3 is 2.42 bits per heavy atom. The van der Waals surface area contributed by atoms with Gasteiger partial charge in [0, 0.05) is 57.6 Å². The third kappa shape index (κ3) is 3.89. The number of nitrogens with one attached hydrogen (secondary N) is 3. The summed E-state index contributed by atoms with van der Waals surface area (Å²) >= 11 is 3.51. The van der Waals surface area contributed by atoms with Gasteiger partial charge in [0.15, 0.2) is 0 Å². The smallest absolute Gasteiger partial charge is 0.0468 e. The number of H-pyrrole nitrogens is 1. The fourth-order valence-corrected chi connectivity index (χ4v) is 3.34. The van der Waals surface area contributed by atoms with E-state index in [-0.39, 0.29) is 0 Å². The van der Waals surface area contributed by atoms with Crippen LogP contribution in [0.1, 0.15) is 5.56 Å². The van der Waals surface area contributed by atoms with Gasteiger partial charge in [0.25, 0.3) is 0 Å². The largest absolute Gasteiger partial charge is 0.385 e. The molecule has 2 aromatic carbocycles. The highest BCUT2D eigenvalue weighted by atomic mass is 79.9. The van der Waals surface area contributed by atoms with Crippen LogP contribution in [0.25, 0.3) is 10.9 Å². The van der Waals surface area contributed by atoms with Crippen LogP contribution in [0.3, 0.4) is 0 Å². The van der Waals surface area contributed by atoms with Crippen molar-refractivity contribution in [1.29, 1.82) is 0 Å². The highest BCUT2D eigenvalue weighted by Gasteiger charge is 2.04. The molecule has 0 fully saturated rings. The maximum absolute atomic E-state index is 4.02. The zero-order valence-corrected chi connectivity index (χ0v) is 15.8. The van der Waals surface area contributed by atoms with Crippen molar-refractivity contribution in [1.82, 2.24) is 9.97 Å². The summed E-state index contributed by atoms with van der Waals surface area (Å²) in [7, 11) is 0. The van der Waals surface area contributed by atoms with Gasteiger partial charge in [0.1, 0.15) is 0 Å². The molecule has 0 amide bonds. The van der Waals surface area contributed by atoms with Crippen molar-refractivity contribution in [3.8, 4) is 0 Å². The quantitative estimate of drug-likeness (QED) is 0.383. The second-order valence-electron chi connectivity index (χ2n) is 6.12. The minimum Gasteiger partial charge on any atom is -0.385 e. The van der Waals surface area contributed by atoms with Crippen LogP contribution >= 0.6 is 15.9 Å². The molecule has 0 saturated heterocycles. The lowest BCUT2D eigenvalue weighted by atomic mass is 10.1. The van der Waals surface area contributed by atoms with Crippen LogP contribution in [-0.4, -0.2) is 16.5 Å². The van der Waals surface area contributed by atoms with Gasteiger partial charge < -0.3 is 15.6 Å². The van der Waals surface area contributed by atoms with Gasteiger partial charge in [-0.05, 0) is 60.5 Å². The Hall–Kier alpha value is -2.79. The van der Waals surface area contributed by atoms with Crippen molar-refractivity contribution in [3.05, 3.63) is 83.2 Å². The van der Waals surface area contributed by atoms with E-state index in [1.807, 2.05) is 12.1 Å². The number of nitrogens with zero attached hydrogens (tertiary/aromatic N) is 1. The molecule has 2 heterocycles. The molecule has 0 aliphatic rings. The van der Waals surface area contributed by atoms with Gasteiger partial charge in [-0.25, -0.2) is 0 Å². The maximum Gasteiger partial charge on any atom is 0.0468 e. The first-order valence-corrected chi connectivity index (χ1v) is 9.34. The predicted octanol–water partition coefficient (Wildman–Crippen LogP) is 5.72. The van der Waals surface area contributed by atoms with Crippen molar-refractivity contribution < 1.29 is 0 Å². The summed E-state index contributed by atoms with van der Waals surface area (Å²) in [6.45, 7) is 0.889. The summed E-state index contributed by atoms with van der Waals surface area (Å²) in [5.41, 5.74) is 5.71. The molecule has 130 valence electrons. The molecule has 0 spiro atoms. The van der Waals surface area contributed by atoms with E-state index in [1.165, 1.54) is 16.5 Å². The molecule has 26 heavy (non-hydrogen) atoms. The molecule has 0 unspecified atom stereocenters. The number of aromatic nitrogens is 2. The van der Waals surface area contributed by atoms with Crippen molar-refractivity contribution in [3.63, 3.8) is 0 Å². The first-order valence-electron chi connectivity index (χ1n) is 8.54. The molecule has 3 N–H and O–H groups in total. The SMILES string of the molecule is Brc1ccc2c(CCNc3ccc(Nc4ccncc4)cc3)c[nH]c2c1. The van der Waals surface area contributed by atoms with Crippen LogP contribution in [0.5, 0.6) is 0 Å². The summed E-state index contributed by atoms with van der Waals surface area (Å²) in [5, 5.41) is 8.13. The molecule has 0 saturated carbocycles. The lowest BCUT2D eigenvalue weighted by Gasteiger charge is -2.09. The van der Waals surface area contributed by atoms with Crippen molar-refractivity contribution in [2.24, 2.45) is 0 Å². The highest BCUT2D eigenvalue weighted by Crippen LogP contribution is 2.23. The number of aromatic amines is 1. The third-order valence-electron chi connectivity index (χ3n) is 4.31. The van der Waals surface area contributed by atoms with Gasteiger partial charge >= 0.3 is 0 Å². The normalized spacial score (nSPS) is 10.8. The zero-order chi connectivity index (χ0) is 17.8. The Bertz CT molecular complexity index is 994. The number of anilines is 3. The fraction of sp³-hybridized carbons (Fsp3) is 0.0952. The summed E-state index contributed by atoms with van der Waals surface area (Å²) in [6.07, 6.45) is 6.63. The molecule has 0 aliphatic heterocycles. The number of pyridine rings is 1. The Kier molecular flexibility index (Phi) is 4.88. The third-order valence-corrected chi connectivity index (χ3v) is 4.80. The van der Waals surface area contributed by atoms with Crippen molar-refractivity contribution in [2.75, 3.05) is 17.2 Å². The van der Waals surface area contributed by atoms with Gasteiger partial charge in [-0.15, -0.1) is 0 Å². The molecule has 0 radical (unpaired) electrons. The number of fused-ring (bicyclic) bond motifs is 1. The van der Waals surface area contributed by atoms with E-state index in [9.17, 15) is 0 Å². The lowest BCUT2D eigenvalue weighted by Crippen LogP contribution is -2.04. The number of hydrogen-bond donors (Lipinski definition) is 3. The first kappa shape index (κ1) is 16.7. The average molecular weight is 407 g/mol. The molecule has 0 atom stereocenters. The highest BCUT2D eigenvalue weighted by molar-refractivity contribution is 9.10. The summed E-state index contributed by atoms with van der Waals surface area (Å²) < 4.78 is 1.09. The number of rotatable bonds is 6. The Morgan fingerprint density at radius 2 is 1.62 bits per heavy atom. The van der Waals surface area contributed by atoms with Crippen molar-refractivity contribution in [2.45, 2.75) is 6.42 Å². The van der Waals surface area contributed by atoms with E-state index in [4.69, 9.17) is 0 Å². The van der Waals surface area contributed by atoms with Gasteiger partial charge in [0.2, 0.25) is 0 Å². The molecule has 4 rings (SSSR count). The van der Waals surface area contributed by atoms with Crippen molar-refractivity contribution >= 4 is 43.9 Å². The van der Waals surface area contributed by atoms with E-state index in [1.54, 1.807) is 12.4 Å². The summed E-state index contributed by atoms with van der Waals surface area (Å²) in [4.78, 5) is 7.36. The minimum atomic E-state index is 0.889. The fourth-order valence-electron chi connectivity index (χ4n) is 2.98. The van der Waals surface area contributed by atoms with Gasteiger partial charge in [-0.2, -0.15) is 0 Å². The van der Waals surface area contributed by atoms with E-state index in [2.05, 4.69) is 85.2 Å². The van der Waals surface area contributed by atoms with Crippen LogP contribution in [0.15, 0.2) is 77.7 Å². The molecule has 4 aromatic rings. The first-order chi connectivity index (χ1) is 12.8. The van der Waals surface area contributed by atoms with Gasteiger partial charge in [-0.3, -0.25) is 4.98 Å². The second kappa shape index (κ2) is 7.62. The van der Waals surface area contributed by atoms with Crippen LogP contribution in [0, 0.1) is 0 Å². The Labute approximate surface area is 160 Å². The van der Waals surface area contributed by atoms with E-state index < -0.39 is 0 Å². The molecule has 5 heteroatoms. The van der Waals surface area contributed by atoms with E-state index in [0.717, 1.165) is 34.5 Å². The van der Waals surface area contributed by atoms with Crippen LogP contribution in [-0.2, 0) is 6.42 Å².